The highest BCUT2D eigenvalue weighted by molar-refractivity contribution is 5.90. The molecule has 4 heterocycles. The van der Waals surface area contributed by atoms with Gasteiger partial charge >= 0.3 is 23.9 Å². The summed E-state index contributed by atoms with van der Waals surface area (Å²) in [6.07, 6.45) is -32.5. The van der Waals surface area contributed by atoms with Gasteiger partial charge in [0.05, 0.1) is 67.1 Å². The average molecular weight is 1300 g/mol. The third kappa shape index (κ3) is 17.6. The molecule has 32 heteroatoms. The van der Waals surface area contributed by atoms with Gasteiger partial charge in [-0.2, -0.15) is 0 Å². The van der Waals surface area contributed by atoms with Gasteiger partial charge in [0, 0.05) is 59.4 Å². The van der Waals surface area contributed by atoms with Crippen molar-refractivity contribution in [2.45, 2.75) is 242 Å². The zero-order valence-corrected chi connectivity index (χ0v) is 50.3. The summed E-state index contributed by atoms with van der Waals surface area (Å²) in [5.74, 6) is -6.34. The number of carbonyl (C=O) groups excluding carboxylic acids is 3. The number of methoxy groups -OCH3 is 4. The highest BCUT2D eigenvalue weighted by Gasteiger charge is 2.55. The van der Waals surface area contributed by atoms with Crippen LogP contribution in [0.1, 0.15) is 70.6 Å². The minimum atomic E-state index is -1.97. The number of aliphatic hydroxyl groups excluding tert-OH is 13. The first-order valence-electron chi connectivity index (χ1n) is 30.4. The second kappa shape index (κ2) is 32.7. The molecule has 8 aliphatic rings. The molecule has 8 fully saturated rings. The van der Waals surface area contributed by atoms with Crippen LogP contribution < -0.4 is 0 Å². The third-order valence-corrected chi connectivity index (χ3v) is 18.8. The van der Waals surface area contributed by atoms with Crippen molar-refractivity contribution in [2.24, 2.45) is 23.7 Å². The van der Waals surface area contributed by atoms with E-state index in [1.165, 1.54) is 34.5 Å². The summed E-state index contributed by atoms with van der Waals surface area (Å²) in [6.45, 7) is -2.00. The number of esters is 3. The Morgan fingerprint density at radius 1 is 0.422 bits per heavy atom. The minimum absolute atomic E-state index is 0.00614. The molecule has 0 spiro atoms. The molecule has 28 atom stereocenters. The Morgan fingerprint density at radius 3 is 1.28 bits per heavy atom. The summed E-state index contributed by atoms with van der Waals surface area (Å²) >= 11 is 0. The van der Waals surface area contributed by atoms with Gasteiger partial charge in [-0.3, -0.25) is 9.59 Å². The molecule has 0 aromatic heterocycles. The van der Waals surface area contributed by atoms with E-state index in [0.29, 0.717) is 25.7 Å². The zero-order chi connectivity index (χ0) is 65.4. The van der Waals surface area contributed by atoms with Crippen molar-refractivity contribution in [3.8, 4) is 0 Å². The van der Waals surface area contributed by atoms with Crippen molar-refractivity contribution in [2.75, 3.05) is 48.3 Å². The highest BCUT2D eigenvalue weighted by Crippen LogP contribution is 2.45. The summed E-state index contributed by atoms with van der Waals surface area (Å²) in [5.41, 5.74) is 0. The highest BCUT2D eigenvalue weighted by atomic mass is 16.7. The topological polar surface area (TPSA) is 481 Å². The molecule has 0 aromatic rings. The summed E-state index contributed by atoms with van der Waals surface area (Å²) in [4.78, 5) is 49.2. The lowest BCUT2D eigenvalue weighted by Crippen LogP contribution is -2.63. The second-order valence-corrected chi connectivity index (χ2v) is 24.6. The van der Waals surface area contributed by atoms with Gasteiger partial charge in [0.15, 0.2) is 18.9 Å². The van der Waals surface area contributed by atoms with Crippen LogP contribution in [0.3, 0.4) is 0 Å². The van der Waals surface area contributed by atoms with Crippen molar-refractivity contribution in [3.05, 3.63) is 24.3 Å². The fraction of sp³-hybridized carbons (Fsp3) is 0.862. The van der Waals surface area contributed by atoms with Crippen molar-refractivity contribution in [3.63, 3.8) is 0 Å². The molecule has 4 saturated carbocycles. The van der Waals surface area contributed by atoms with E-state index in [0.717, 1.165) is 6.08 Å². The fourth-order valence-corrected chi connectivity index (χ4v) is 13.5. The molecular formula is C58H90O32. The van der Waals surface area contributed by atoms with Crippen LogP contribution in [0.4, 0.5) is 0 Å². The van der Waals surface area contributed by atoms with Crippen LogP contribution in [0, 0.1) is 23.7 Å². The van der Waals surface area contributed by atoms with Gasteiger partial charge in [-0.05, 0) is 69.1 Å². The third-order valence-electron chi connectivity index (χ3n) is 18.8. The maximum atomic E-state index is 12.9. The van der Waals surface area contributed by atoms with E-state index in [1.807, 2.05) is 0 Å². The number of carboxylic acid groups (broad SMARTS) is 1. The smallest absolute Gasteiger partial charge is 0.330 e. The number of rotatable bonds is 23. The van der Waals surface area contributed by atoms with Gasteiger partial charge in [-0.1, -0.05) is 12.2 Å². The quantitative estimate of drug-likeness (QED) is 0.0196. The standard InChI is InChI=1S/C58H90O32/c1-77-32-11-23(12-33(78-2)44(32)66)5-9-41(63)81-20-37-46(68)49(71)52(74)56(88-37)84-26-16-29(60)27-18-36(87-58-54(76)51(73)48(70)39(90-58)22-83-43(65)19-40(61)62)55(85-30(27)17-26)25-7-8-28(59)31(15-25)86-57-53(75)50(72)47(69)38(89-57)21-82-42(64)10-6-24-13-34(79-3)45(67)35(14-24)80-4/h5-6,9-10,23-39,44-60,66-76H,7-8,11-22H2,1-4H3,(H,61,62)/t23?,24?,25?,26?,27?,28?,29?,30?,31?,32?,33?,34?,35?,36?,37-,38-,39-,44?,45?,46-,47-,48-,49+,50+,51+,52-,53-,54-,55?,56-,57-,58-/m1/s1. The van der Waals surface area contributed by atoms with Crippen LogP contribution in [0.25, 0.3) is 0 Å². The molecule has 14 N–H and O–H groups in total. The Kier molecular flexibility index (Phi) is 26.2. The van der Waals surface area contributed by atoms with E-state index in [1.54, 1.807) is 12.2 Å². The second-order valence-electron chi connectivity index (χ2n) is 24.6. The largest absolute Gasteiger partial charge is 0.481 e. The van der Waals surface area contributed by atoms with Gasteiger partial charge < -0.3 is 138 Å². The summed E-state index contributed by atoms with van der Waals surface area (Å²) in [6, 6.07) is 0. The number of aliphatic hydroxyl groups is 13. The average Bonchev–Trinajstić information content (AvgIpc) is 1.06. The molecule has 8 rings (SSSR count). The van der Waals surface area contributed by atoms with Crippen LogP contribution in [0.5, 0.6) is 0 Å². The van der Waals surface area contributed by atoms with E-state index in [2.05, 4.69) is 0 Å². The molecule has 0 radical (unpaired) electrons. The number of carbonyl (C=O) groups is 4. The predicted octanol–water partition coefficient (Wildman–Crippen LogP) is -5.53. The summed E-state index contributed by atoms with van der Waals surface area (Å²) in [5, 5.41) is 153. The lowest BCUT2D eigenvalue weighted by Gasteiger charge is -2.52. The van der Waals surface area contributed by atoms with Crippen LogP contribution in [-0.2, 0) is 85.5 Å². The van der Waals surface area contributed by atoms with Crippen LogP contribution in [0.2, 0.25) is 0 Å². The van der Waals surface area contributed by atoms with Crippen LogP contribution in [0.15, 0.2) is 24.3 Å². The molecule has 90 heavy (non-hydrogen) atoms. The first-order chi connectivity index (χ1) is 42.8. The van der Waals surface area contributed by atoms with Crippen LogP contribution in [-0.4, -0.2) is 315 Å². The molecule has 13 unspecified atom stereocenters. The monoisotopic (exact) mass is 1300 g/mol. The summed E-state index contributed by atoms with van der Waals surface area (Å²) < 4.78 is 80.6. The zero-order valence-electron chi connectivity index (χ0n) is 50.3. The van der Waals surface area contributed by atoms with Gasteiger partial charge in [0.2, 0.25) is 0 Å². The lowest BCUT2D eigenvalue weighted by atomic mass is 9.72. The van der Waals surface area contributed by atoms with Crippen molar-refractivity contribution in [1.82, 2.24) is 0 Å². The molecule has 4 aliphatic carbocycles. The van der Waals surface area contributed by atoms with Crippen molar-refractivity contribution < 1.29 is 157 Å². The van der Waals surface area contributed by atoms with E-state index >= 15 is 0 Å². The number of hydrogen-bond acceptors (Lipinski definition) is 31. The molecular weight excluding hydrogens is 1210 g/mol. The lowest BCUT2D eigenvalue weighted by molar-refractivity contribution is -0.341. The van der Waals surface area contributed by atoms with Crippen molar-refractivity contribution in [1.29, 1.82) is 0 Å². The number of carboxylic acids is 1. The Labute approximate surface area is 517 Å². The Balaban J connectivity index is 0.947. The van der Waals surface area contributed by atoms with Crippen molar-refractivity contribution >= 4 is 23.9 Å². The maximum Gasteiger partial charge on any atom is 0.330 e. The Hall–Kier alpha value is -3.60. The van der Waals surface area contributed by atoms with Gasteiger partial charge in [-0.25, -0.2) is 9.59 Å². The number of fused-ring (bicyclic) bond motifs is 1. The van der Waals surface area contributed by atoms with E-state index in [9.17, 15) is 85.6 Å². The molecule has 0 aromatic carbocycles. The number of aliphatic carboxylic acids is 1. The van der Waals surface area contributed by atoms with E-state index < -0.39 is 233 Å². The van der Waals surface area contributed by atoms with Gasteiger partial charge in [0.1, 0.15) is 112 Å². The Morgan fingerprint density at radius 2 is 0.844 bits per heavy atom. The first-order valence-corrected chi connectivity index (χ1v) is 30.4. The van der Waals surface area contributed by atoms with E-state index in [-0.39, 0.29) is 50.4 Å². The molecule has 514 valence electrons. The Bertz CT molecular complexity index is 2340. The fourth-order valence-electron chi connectivity index (χ4n) is 13.5. The minimum Gasteiger partial charge on any atom is -0.481 e. The molecule has 32 nitrogen and oxygen atoms in total. The van der Waals surface area contributed by atoms with E-state index in [4.69, 9.17) is 71.4 Å². The van der Waals surface area contributed by atoms with Crippen LogP contribution >= 0.6 is 0 Å². The SMILES string of the molecule is COC1CC(C=CC(=O)OC[C@H]2O[C@@H](OC3CC(O)C4CC(O[C@@H]5O[C@H](COC(=O)CC(=O)O)[C@@H](O)[C@H](O)[C@H]5O)C(C5CCC(O)C(O[C@@H]6O[C@H](COC(=O)C=CC7CC(OC)C(O)C(OC)C7)[C@@H](O)[C@H](O)[C@H]6O)C5)OC4C3)[C@H](O)[C@@H](O)[C@@H]2O)CC(OC)C1O. The molecule has 0 amide bonds. The van der Waals surface area contributed by atoms with Gasteiger partial charge in [-0.15, -0.1) is 0 Å². The maximum absolute atomic E-state index is 12.9. The normalized spacial score (nSPS) is 46.1. The predicted molar refractivity (Wildman–Crippen MR) is 294 cm³/mol. The summed E-state index contributed by atoms with van der Waals surface area (Å²) in [7, 11) is 5.79. The van der Waals surface area contributed by atoms with Gasteiger partial charge in [0.25, 0.3) is 0 Å². The first kappa shape index (κ1) is 72.2. The molecule has 4 saturated heterocycles. The molecule has 4 aliphatic heterocycles. The molecule has 0 bridgehead atoms. The number of hydrogen-bond donors (Lipinski definition) is 14. The number of allylic oxidation sites excluding steroid dienone is 2. The number of ether oxygens (including phenoxy) is 14.